The van der Waals surface area contributed by atoms with E-state index in [1.54, 1.807) is 6.92 Å². The molecule has 2 atom stereocenters. The highest BCUT2D eigenvalue weighted by Gasteiger charge is 2.55. The Bertz CT molecular complexity index is 1840. The summed E-state index contributed by atoms with van der Waals surface area (Å²) in [6.45, 7) is 2.79. The van der Waals surface area contributed by atoms with Crippen LogP contribution in [0.15, 0.2) is 16.9 Å². The minimum atomic E-state index is -5.41. The molecule has 1 aliphatic carbocycles. The molecule has 4 heterocycles. The summed E-state index contributed by atoms with van der Waals surface area (Å²) >= 11 is 0. The Morgan fingerprint density at radius 1 is 1.23 bits per heavy atom. The van der Waals surface area contributed by atoms with Gasteiger partial charge < -0.3 is 25.1 Å². The highest BCUT2D eigenvalue weighted by molar-refractivity contribution is 5.94. The van der Waals surface area contributed by atoms with E-state index >= 15 is 4.39 Å². The lowest BCUT2D eigenvalue weighted by molar-refractivity contribution is -0.223. The summed E-state index contributed by atoms with van der Waals surface area (Å²) in [5.74, 6) is -4.55. The van der Waals surface area contributed by atoms with Crippen LogP contribution in [0.2, 0.25) is 0 Å². The monoisotopic (exact) mass is 616 g/mol. The molecule has 232 valence electrons. The molecule has 6 rings (SSSR count). The van der Waals surface area contributed by atoms with Crippen LogP contribution < -0.4 is 16.6 Å². The number of alkyl halides is 3. The number of hydrogen-bond acceptors (Lipinski definition) is 8. The number of fused-ring (bicyclic) bond motifs is 5. The van der Waals surface area contributed by atoms with E-state index < -0.39 is 54.2 Å². The third-order valence-corrected chi connectivity index (χ3v) is 8.79. The second-order valence-corrected chi connectivity index (χ2v) is 11.2. The molecule has 0 radical (unpaired) electrons. The Balaban J connectivity index is 1.58. The average molecular weight is 617 g/mol. The first-order valence-electron chi connectivity index (χ1n) is 14.2. The number of pyridine rings is 2. The van der Waals surface area contributed by atoms with Crippen molar-refractivity contribution in [2.24, 2.45) is 5.73 Å². The molecular formula is C30H28F4N4O6. The Labute approximate surface area is 247 Å². The highest BCUT2D eigenvalue weighted by Crippen LogP contribution is 2.46. The van der Waals surface area contributed by atoms with E-state index in [0.29, 0.717) is 47.9 Å². The fourth-order valence-electron chi connectivity index (χ4n) is 6.60. The van der Waals surface area contributed by atoms with Crippen molar-refractivity contribution in [1.82, 2.24) is 14.9 Å². The largest absolute Gasteiger partial charge is 0.490 e. The Morgan fingerprint density at radius 3 is 2.66 bits per heavy atom. The van der Waals surface area contributed by atoms with Gasteiger partial charge in [-0.05, 0) is 61.9 Å². The molecule has 0 spiro atoms. The summed E-state index contributed by atoms with van der Waals surface area (Å²) in [6, 6.07) is 2.10. The molecule has 2 aromatic heterocycles. The van der Waals surface area contributed by atoms with Crippen molar-refractivity contribution in [3.8, 4) is 11.4 Å². The van der Waals surface area contributed by atoms with Crippen LogP contribution in [0.1, 0.15) is 72.0 Å². The first-order chi connectivity index (χ1) is 20.8. The van der Waals surface area contributed by atoms with E-state index in [1.807, 2.05) is 0 Å². The molecule has 14 heteroatoms. The number of aryl methyl sites for hydroxylation is 1. The number of aromatic nitrogens is 2. The van der Waals surface area contributed by atoms with Gasteiger partial charge in [0, 0.05) is 29.0 Å². The molecule has 3 aliphatic rings. The van der Waals surface area contributed by atoms with Crippen LogP contribution >= 0.6 is 0 Å². The predicted molar refractivity (Wildman–Crippen MR) is 147 cm³/mol. The molecule has 10 nitrogen and oxygen atoms in total. The van der Waals surface area contributed by atoms with Crippen LogP contribution in [0.4, 0.5) is 17.6 Å². The lowest BCUT2D eigenvalue weighted by atomic mass is 9.81. The van der Waals surface area contributed by atoms with Crippen molar-refractivity contribution in [1.29, 1.82) is 0 Å². The third kappa shape index (κ3) is 4.37. The highest BCUT2D eigenvalue weighted by atomic mass is 19.4. The molecule has 44 heavy (non-hydrogen) atoms. The maximum atomic E-state index is 15.1. The molecular weight excluding hydrogens is 588 g/mol. The van der Waals surface area contributed by atoms with Crippen molar-refractivity contribution in [2.75, 3.05) is 6.54 Å². The van der Waals surface area contributed by atoms with Crippen molar-refractivity contribution in [2.45, 2.75) is 76.9 Å². The fourth-order valence-corrected chi connectivity index (χ4v) is 6.60. The summed E-state index contributed by atoms with van der Waals surface area (Å²) in [6.07, 6.45) is -4.25. The second kappa shape index (κ2) is 10.4. The first kappa shape index (κ1) is 29.7. The summed E-state index contributed by atoms with van der Waals surface area (Å²) in [7, 11) is 0. The van der Waals surface area contributed by atoms with Crippen LogP contribution in [0, 0.1) is 12.7 Å². The van der Waals surface area contributed by atoms with Gasteiger partial charge in [0.25, 0.3) is 5.56 Å². The van der Waals surface area contributed by atoms with Gasteiger partial charge in [0.05, 0.1) is 35.1 Å². The molecule has 0 bridgehead atoms. The van der Waals surface area contributed by atoms with Gasteiger partial charge in [-0.3, -0.25) is 9.59 Å². The van der Waals surface area contributed by atoms with E-state index in [2.05, 4.69) is 5.32 Å². The standard InChI is InChI=1S/C30H28F4N4O6/c1-3-29(44-28(42)30(32,33)34)17-9-21-25-15(11-38(21)26(40)16(17)12-43-27(29)41)24-19(36-22(39)5-4-8-35)7-6-14-13(2)18(31)10-20(37-25)23(14)24/h9-10,19H,3-8,11-12,35H2,1-2H3,(H,36,39)/t19-,29-/m0/s1. The van der Waals surface area contributed by atoms with E-state index in [-0.39, 0.29) is 46.9 Å². The number of esters is 2. The van der Waals surface area contributed by atoms with Gasteiger partial charge in [0.2, 0.25) is 11.5 Å². The summed E-state index contributed by atoms with van der Waals surface area (Å²) < 4.78 is 66.1. The number of ether oxygens (including phenoxy) is 2. The van der Waals surface area contributed by atoms with E-state index in [1.165, 1.54) is 23.6 Å². The Hall–Kier alpha value is -4.33. The van der Waals surface area contributed by atoms with Crippen molar-refractivity contribution in [3.63, 3.8) is 0 Å². The number of hydrogen-bond donors (Lipinski definition) is 2. The van der Waals surface area contributed by atoms with Gasteiger partial charge in [0.15, 0.2) is 0 Å². The normalized spacial score (nSPS) is 20.1. The number of nitrogens with one attached hydrogen (secondary N) is 1. The summed E-state index contributed by atoms with van der Waals surface area (Å²) in [4.78, 5) is 56.3. The Kier molecular flexibility index (Phi) is 7.02. The number of carbonyl (C=O) groups excluding carboxylic acids is 3. The molecule has 0 unspecified atom stereocenters. The van der Waals surface area contributed by atoms with Gasteiger partial charge in [0.1, 0.15) is 12.4 Å². The van der Waals surface area contributed by atoms with Crippen LogP contribution in [0.25, 0.3) is 22.3 Å². The van der Waals surface area contributed by atoms with E-state index in [9.17, 15) is 32.3 Å². The summed E-state index contributed by atoms with van der Waals surface area (Å²) in [5.41, 5.74) is 5.14. The predicted octanol–water partition coefficient (Wildman–Crippen LogP) is 3.48. The zero-order chi connectivity index (χ0) is 31.7. The molecule has 0 saturated heterocycles. The minimum absolute atomic E-state index is 0.00447. The maximum Gasteiger partial charge on any atom is 0.490 e. The molecule has 0 saturated carbocycles. The van der Waals surface area contributed by atoms with Gasteiger partial charge in [-0.2, -0.15) is 13.2 Å². The van der Waals surface area contributed by atoms with Crippen molar-refractivity contribution >= 4 is 28.7 Å². The van der Waals surface area contributed by atoms with E-state index in [0.717, 1.165) is 5.56 Å². The van der Waals surface area contributed by atoms with E-state index in [4.69, 9.17) is 20.2 Å². The molecule has 3 N–H and O–H groups in total. The van der Waals surface area contributed by atoms with Crippen molar-refractivity contribution in [3.05, 3.63) is 61.7 Å². The van der Waals surface area contributed by atoms with Crippen LogP contribution in [-0.2, 0) is 49.0 Å². The van der Waals surface area contributed by atoms with Gasteiger partial charge >= 0.3 is 18.1 Å². The molecule has 2 aliphatic heterocycles. The fraction of sp³-hybridized carbons (Fsp3) is 0.433. The third-order valence-electron chi connectivity index (χ3n) is 8.79. The van der Waals surface area contributed by atoms with Crippen molar-refractivity contribution < 1.29 is 41.4 Å². The molecule has 0 fully saturated rings. The lowest BCUT2D eigenvalue weighted by Gasteiger charge is -2.35. The van der Waals surface area contributed by atoms with Crippen LogP contribution in [0.3, 0.4) is 0 Å². The van der Waals surface area contributed by atoms with Gasteiger partial charge in [-0.1, -0.05) is 6.92 Å². The number of benzene rings is 1. The topological polar surface area (TPSA) is 143 Å². The zero-order valence-corrected chi connectivity index (χ0v) is 23.8. The lowest BCUT2D eigenvalue weighted by Crippen LogP contribution is -2.49. The number of carbonyl (C=O) groups is 3. The molecule has 1 aromatic carbocycles. The number of cyclic esters (lactones) is 1. The average Bonchev–Trinajstić information content (AvgIpc) is 3.35. The summed E-state index contributed by atoms with van der Waals surface area (Å²) in [5, 5.41) is 3.72. The van der Waals surface area contributed by atoms with Crippen LogP contribution in [-0.4, -0.2) is 40.1 Å². The SMILES string of the molecule is CC[C@@]1(OC(=O)C(F)(F)F)C(=O)OCc2c1cc1n(c2=O)Cc2c-1nc1cc(F)c(C)c3c1c2[C@@H](NC(=O)CCCN)CC3. The maximum absolute atomic E-state index is 15.1. The number of amides is 1. The Morgan fingerprint density at radius 2 is 1.98 bits per heavy atom. The molecule has 3 aromatic rings. The smallest absolute Gasteiger partial charge is 0.457 e. The quantitative estimate of drug-likeness (QED) is 0.248. The van der Waals surface area contributed by atoms with Gasteiger partial charge in [-0.25, -0.2) is 19.0 Å². The minimum Gasteiger partial charge on any atom is -0.457 e. The second-order valence-electron chi connectivity index (χ2n) is 11.2. The number of halogens is 4. The number of nitrogens with two attached hydrogens (primary N) is 1. The number of nitrogens with zero attached hydrogens (tertiary/aromatic N) is 2. The van der Waals surface area contributed by atoms with Crippen LogP contribution in [0.5, 0.6) is 0 Å². The first-order valence-corrected chi connectivity index (χ1v) is 14.2. The van der Waals surface area contributed by atoms with Gasteiger partial charge in [-0.15, -0.1) is 0 Å². The number of rotatable bonds is 6. The zero-order valence-electron chi connectivity index (χ0n) is 23.8. The molecule has 1 amide bonds.